The van der Waals surface area contributed by atoms with Crippen LogP contribution in [0.4, 0.5) is 0 Å². The summed E-state index contributed by atoms with van der Waals surface area (Å²) in [6, 6.07) is 6.81. The summed E-state index contributed by atoms with van der Waals surface area (Å²) in [4.78, 5) is 25.1. The van der Waals surface area contributed by atoms with Gasteiger partial charge in [-0.25, -0.2) is 0 Å². The van der Waals surface area contributed by atoms with Crippen molar-refractivity contribution in [3.63, 3.8) is 0 Å². The van der Waals surface area contributed by atoms with Gasteiger partial charge >= 0.3 is 0 Å². The molecule has 0 aliphatic carbocycles. The van der Waals surface area contributed by atoms with Gasteiger partial charge in [0, 0.05) is 11.4 Å². The van der Waals surface area contributed by atoms with E-state index in [4.69, 9.17) is 0 Å². The molecule has 1 aliphatic rings. The smallest absolute Gasteiger partial charge is 0.261 e. The zero-order chi connectivity index (χ0) is 11.0. The number of alkyl halides is 1. The largest absolute Gasteiger partial charge is 0.271 e. The van der Waals surface area contributed by atoms with Crippen LogP contribution >= 0.6 is 15.9 Å². The monoisotopic (exact) mass is 267 g/mol. The number of benzene rings is 1. The lowest BCUT2D eigenvalue weighted by Crippen LogP contribution is -2.38. The van der Waals surface area contributed by atoms with Crippen molar-refractivity contribution in [1.29, 1.82) is 0 Å². The topological polar surface area (TPSA) is 37.4 Å². The molecule has 78 valence electrons. The van der Waals surface area contributed by atoms with Crippen molar-refractivity contribution >= 4 is 27.7 Å². The minimum Gasteiger partial charge on any atom is -0.271 e. The van der Waals surface area contributed by atoms with Crippen molar-refractivity contribution in [1.82, 2.24) is 4.90 Å². The molecule has 1 unspecified atom stereocenters. The predicted molar refractivity (Wildman–Crippen MR) is 60.2 cm³/mol. The molecule has 4 heteroatoms. The highest BCUT2D eigenvalue weighted by Crippen LogP contribution is 2.24. The lowest BCUT2D eigenvalue weighted by Gasteiger charge is -2.19. The minimum atomic E-state index is -0.192. The first-order valence-electron chi connectivity index (χ1n) is 4.69. The number of rotatable bonds is 2. The molecule has 0 bridgehead atoms. The minimum absolute atomic E-state index is 0.114. The predicted octanol–water partition coefficient (Wildman–Crippen LogP) is 2.07. The Morgan fingerprint density at radius 1 is 1.20 bits per heavy atom. The zero-order valence-electron chi connectivity index (χ0n) is 8.24. The first-order valence-corrected chi connectivity index (χ1v) is 5.82. The van der Waals surface area contributed by atoms with E-state index in [1.54, 1.807) is 24.3 Å². The summed E-state index contributed by atoms with van der Waals surface area (Å²) in [6.07, 6.45) is 0. The molecule has 0 spiro atoms. The number of nitrogens with zero attached hydrogens (tertiary/aromatic N) is 1. The Labute approximate surface area is 96.2 Å². The van der Waals surface area contributed by atoms with Crippen LogP contribution in [0, 0.1) is 0 Å². The van der Waals surface area contributed by atoms with E-state index in [1.807, 2.05) is 6.92 Å². The maximum absolute atomic E-state index is 11.9. The molecule has 1 aromatic carbocycles. The van der Waals surface area contributed by atoms with Crippen LogP contribution in [-0.4, -0.2) is 28.1 Å². The van der Waals surface area contributed by atoms with Crippen LogP contribution in [0.15, 0.2) is 24.3 Å². The van der Waals surface area contributed by atoms with Gasteiger partial charge in [0.25, 0.3) is 11.8 Å². The lowest BCUT2D eigenvalue weighted by molar-refractivity contribution is 0.0612. The SMILES string of the molecule is CC(CBr)N1C(=O)c2ccccc2C1=O. The van der Waals surface area contributed by atoms with Gasteiger partial charge in [-0.05, 0) is 19.1 Å². The van der Waals surface area contributed by atoms with Crippen molar-refractivity contribution in [3.8, 4) is 0 Å². The van der Waals surface area contributed by atoms with E-state index >= 15 is 0 Å². The summed E-state index contributed by atoms with van der Waals surface area (Å²) >= 11 is 3.28. The molecular weight excluding hydrogens is 258 g/mol. The molecule has 0 N–H and O–H groups in total. The number of fused-ring (bicyclic) bond motifs is 1. The number of hydrogen-bond acceptors (Lipinski definition) is 2. The van der Waals surface area contributed by atoms with Crippen LogP contribution in [0.25, 0.3) is 0 Å². The maximum Gasteiger partial charge on any atom is 0.261 e. The van der Waals surface area contributed by atoms with E-state index in [0.717, 1.165) is 0 Å². The second-order valence-electron chi connectivity index (χ2n) is 3.53. The first-order chi connectivity index (χ1) is 7.16. The van der Waals surface area contributed by atoms with E-state index in [9.17, 15) is 9.59 Å². The summed E-state index contributed by atoms with van der Waals surface area (Å²) < 4.78 is 0. The van der Waals surface area contributed by atoms with Crippen LogP contribution in [0.5, 0.6) is 0 Å². The third-order valence-corrected chi connectivity index (χ3v) is 3.43. The number of amides is 2. The molecule has 0 radical (unpaired) electrons. The summed E-state index contributed by atoms with van der Waals surface area (Å²) in [5, 5.41) is 0.596. The van der Waals surface area contributed by atoms with Crippen molar-refractivity contribution in [2.45, 2.75) is 13.0 Å². The van der Waals surface area contributed by atoms with Crippen LogP contribution in [-0.2, 0) is 0 Å². The fourth-order valence-electron chi connectivity index (χ4n) is 1.68. The summed E-state index contributed by atoms with van der Waals surface area (Å²) in [7, 11) is 0. The van der Waals surface area contributed by atoms with Crippen molar-refractivity contribution < 1.29 is 9.59 Å². The van der Waals surface area contributed by atoms with Crippen molar-refractivity contribution in [3.05, 3.63) is 35.4 Å². The summed E-state index contributed by atoms with van der Waals surface area (Å²) in [6.45, 7) is 1.84. The van der Waals surface area contributed by atoms with Crippen LogP contribution in [0.1, 0.15) is 27.6 Å². The third-order valence-electron chi connectivity index (χ3n) is 2.49. The van der Waals surface area contributed by atoms with Gasteiger partial charge in [0.2, 0.25) is 0 Å². The van der Waals surface area contributed by atoms with Gasteiger partial charge in [0.1, 0.15) is 0 Å². The van der Waals surface area contributed by atoms with E-state index in [2.05, 4.69) is 15.9 Å². The highest BCUT2D eigenvalue weighted by molar-refractivity contribution is 9.09. The van der Waals surface area contributed by atoms with Gasteiger partial charge in [0.05, 0.1) is 11.1 Å². The summed E-state index contributed by atoms with van der Waals surface area (Å²) in [5.74, 6) is -0.384. The standard InChI is InChI=1S/C11H10BrNO2/c1-7(6-12)13-10(14)8-4-2-3-5-9(8)11(13)15/h2-5,7H,6H2,1H3. The molecule has 0 saturated carbocycles. The summed E-state index contributed by atoms with van der Waals surface area (Å²) in [5.41, 5.74) is 1.02. The second-order valence-corrected chi connectivity index (χ2v) is 4.18. The van der Waals surface area contributed by atoms with Crippen LogP contribution < -0.4 is 0 Å². The quantitative estimate of drug-likeness (QED) is 0.608. The molecule has 0 fully saturated rings. The average molecular weight is 268 g/mol. The van der Waals surface area contributed by atoms with E-state index < -0.39 is 0 Å². The molecule has 15 heavy (non-hydrogen) atoms. The normalized spacial score (nSPS) is 16.8. The Balaban J connectivity index is 2.45. The van der Waals surface area contributed by atoms with Crippen molar-refractivity contribution in [2.75, 3.05) is 5.33 Å². The number of hydrogen-bond donors (Lipinski definition) is 0. The molecule has 1 heterocycles. The molecular formula is C11H10BrNO2. The second kappa shape index (κ2) is 3.77. The molecule has 1 aliphatic heterocycles. The molecule has 1 aromatic rings. The van der Waals surface area contributed by atoms with Gasteiger partial charge in [-0.3, -0.25) is 14.5 Å². The molecule has 2 rings (SSSR count). The number of halogens is 1. The fraction of sp³-hybridized carbons (Fsp3) is 0.273. The van der Waals surface area contributed by atoms with Gasteiger partial charge < -0.3 is 0 Å². The van der Waals surface area contributed by atoms with Gasteiger partial charge in [-0.15, -0.1) is 0 Å². The Morgan fingerprint density at radius 3 is 2.07 bits per heavy atom. The Hall–Kier alpha value is -1.16. The highest BCUT2D eigenvalue weighted by Gasteiger charge is 2.37. The Kier molecular flexibility index (Phi) is 2.61. The van der Waals surface area contributed by atoms with Gasteiger partial charge in [-0.2, -0.15) is 0 Å². The third kappa shape index (κ3) is 1.49. The lowest BCUT2D eigenvalue weighted by atomic mass is 10.1. The molecule has 0 saturated heterocycles. The van der Waals surface area contributed by atoms with Crippen molar-refractivity contribution in [2.24, 2.45) is 0 Å². The Bertz CT molecular complexity index is 395. The first kappa shape index (κ1) is 10.4. The van der Waals surface area contributed by atoms with E-state index in [0.29, 0.717) is 16.5 Å². The molecule has 3 nitrogen and oxygen atoms in total. The zero-order valence-corrected chi connectivity index (χ0v) is 9.82. The van der Waals surface area contributed by atoms with E-state index in [-0.39, 0.29) is 17.9 Å². The van der Waals surface area contributed by atoms with Crippen LogP contribution in [0.2, 0.25) is 0 Å². The van der Waals surface area contributed by atoms with Gasteiger partial charge in [0.15, 0.2) is 0 Å². The number of carbonyl (C=O) groups is 2. The Morgan fingerprint density at radius 2 is 1.67 bits per heavy atom. The number of carbonyl (C=O) groups excluding carboxylic acids is 2. The molecule has 1 atom stereocenters. The van der Waals surface area contributed by atoms with Gasteiger partial charge in [-0.1, -0.05) is 28.1 Å². The maximum atomic E-state index is 11.9. The molecule has 0 aromatic heterocycles. The van der Waals surface area contributed by atoms with E-state index in [1.165, 1.54) is 4.90 Å². The van der Waals surface area contributed by atoms with Crippen LogP contribution in [0.3, 0.4) is 0 Å². The number of imide groups is 1. The molecule has 2 amide bonds. The fourth-order valence-corrected chi connectivity index (χ4v) is 1.97. The highest BCUT2D eigenvalue weighted by atomic mass is 79.9. The average Bonchev–Trinajstić information content (AvgIpc) is 2.52.